The number of carbonyl (C=O) groups excluding carboxylic acids is 1. The van der Waals surface area contributed by atoms with Crippen LogP contribution in [0.2, 0.25) is 0 Å². The molecule has 5 rings (SSSR count). The molecule has 39 heavy (non-hydrogen) atoms. The quantitative estimate of drug-likeness (QED) is 0.134. The van der Waals surface area contributed by atoms with Gasteiger partial charge in [0.2, 0.25) is 5.82 Å². The van der Waals surface area contributed by atoms with Crippen LogP contribution >= 0.6 is 22.6 Å². The van der Waals surface area contributed by atoms with Gasteiger partial charge < -0.3 is 23.4 Å². The number of hydrogen-bond donors (Lipinski definition) is 0. The van der Waals surface area contributed by atoms with Crippen molar-refractivity contribution < 1.29 is 28.2 Å². The van der Waals surface area contributed by atoms with Gasteiger partial charge in [-0.05, 0) is 70.6 Å². The maximum atomic E-state index is 13.6. The zero-order valence-electron chi connectivity index (χ0n) is 21.1. The number of ether oxygens (including phenoxy) is 4. The minimum absolute atomic E-state index is 0.230. The van der Waals surface area contributed by atoms with Gasteiger partial charge in [-0.25, -0.2) is 9.78 Å². The number of rotatable bonds is 8. The molecule has 0 spiro atoms. The predicted molar refractivity (Wildman–Crippen MR) is 154 cm³/mol. The number of fused-ring (bicyclic) bond motifs is 2. The van der Waals surface area contributed by atoms with E-state index >= 15 is 0 Å². The molecule has 2 heterocycles. The van der Waals surface area contributed by atoms with Crippen LogP contribution in [0.4, 0.5) is 0 Å². The SMILES string of the molecule is COC(=O)COc1c(I)cc(C=Nn2c(-c3cc4c(OC)cccc4o3)nc3ccccc3c2=O)cc1OC. The van der Waals surface area contributed by atoms with Gasteiger partial charge >= 0.3 is 5.97 Å². The molecular weight excluding hydrogens is 617 g/mol. The Morgan fingerprint density at radius 2 is 1.82 bits per heavy atom. The summed E-state index contributed by atoms with van der Waals surface area (Å²) in [6.45, 7) is -0.264. The highest BCUT2D eigenvalue weighted by Gasteiger charge is 2.18. The Kier molecular flexibility index (Phi) is 7.50. The van der Waals surface area contributed by atoms with Crippen molar-refractivity contribution in [1.29, 1.82) is 0 Å². The normalized spacial score (nSPS) is 11.3. The lowest BCUT2D eigenvalue weighted by Crippen LogP contribution is -2.20. The van der Waals surface area contributed by atoms with Crippen molar-refractivity contribution in [2.75, 3.05) is 27.9 Å². The summed E-state index contributed by atoms with van der Waals surface area (Å²) in [5, 5.41) is 5.65. The molecule has 0 saturated heterocycles. The first-order valence-electron chi connectivity index (χ1n) is 11.6. The van der Waals surface area contributed by atoms with E-state index in [1.807, 2.05) is 24.3 Å². The van der Waals surface area contributed by atoms with Crippen LogP contribution in [-0.2, 0) is 9.53 Å². The van der Waals surface area contributed by atoms with Gasteiger partial charge in [-0.1, -0.05) is 18.2 Å². The molecule has 0 atom stereocenters. The van der Waals surface area contributed by atoms with E-state index in [4.69, 9.17) is 23.6 Å². The molecule has 11 heteroatoms. The Morgan fingerprint density at radius 3 is 2.59 bits per heavy atom. The first-order valence-corrected chi connectivity index (χ1v) is 12.7. The molecule has 0 aliphatic heterocycles. The lowest BCUT2D eigenvalue weighted by Gasteiger charge is -2.13. The number of benzene rings is 3. The molecule has 0 radical (unpaired) electrons. The van der Waals surface area contributed by atoms with Crippen LogP contribution in [0, 0.1) is 3.57 Å². The summed E-state index contributed by atoms with van der Waals surface area (Å²) in [4.78, 5) is 29.8. The summed E-state index contributed by atoms with van der Waals surface area (Å²) in [6, 6.07) is 17.7. The molecule has 10 nitrogen and oxygen atoms in total. The molecule has 0 aliphatic rings. The summed E-state index contributed by atoms with van der Waals surface area (Å²) in [6.07, 6.45) is 1.51. The molecule has 0 unspecified atom stereocenters. The van der Waals surface area contributed by atoms with Crippen LogP contribution in [-0.4, -0.2) is 49.8 Å². The Labute approximate surface area is 235 Å². The number of methoxy groups -OCH3 is 3. The van der Waals surface area contributed by atoms with Crippen LogP contribution in [0.5, 0.6) is 17.2 Å². The first-order chi connectivity index (χ1) is 18.9. The highest BCUT2D eigenvalue weighted by atomic mass is 127. The highest BCUT2D eigenvalue weighted by molar-refractivity contribution is 14.1. The number of nitrogens with zero attached hydrogens (tertiary/aromatic N) is 3. The third-order valence-corrected chi connectivity index (χ3v) is 6.65. The van der Waals surface area contributed by atoms with E-state index < -0.39 is 5.97 Å². The second kappa shape index (κ2) is 11.2. The van der Waals surface area contributed by atoms with Crippen LogP contribution in [0.3, 0.4) is 0 Å². The van der Waals surface area contributed by atoms with Gasteiger partial charge in [0.15, 0.2) is 23.9 Å². The molecule has 0 fully saturated rings. The molecule has 0 saturated carbocycles. The molecule has 0 N–H and O–H groups in total. The number of carbonyl (C=O) groups is 1. The topological polar surface area (TPSA) is 114 Å². The monoisotopic (exact) mass is 639 g/mol. The minimum Gasteiger partial charge on any atom is -0.496 e. The average Bonchev–Trinajstić information content (AvgIpc) is 3.40. The van der Waals surface area contributed by atoms with E-state index in [1.165, 1.54) is 25.1 Å². The first kappa shape index (κ1) is 26.2. The van der Waals surface area contributed by atoms with Gasteiger partial charge in [-0.3, -0.25) is 4.79 Å². The summed E-state index contributed by atoms with van der Waals surface area (Å²) in [5.41, 5.74) is 1.36. The average molecular weight is 639 g/mol. The molecule has 0 bridgehead atoms. The molecule has 0 aliphatic carbocycles. The van der Waals surface area contributed by atoms with Crippen molar-refractivity contribution in [2.45, 2.75) is 0 Å². The van der Waals surface area contributed by atoms with E-state index in [0.717, 1.165) is 5.39 Å². The molecular formula is C28H22IN3O7. The van der Waals surface area contributed by atoms with Crippen molar-refractivity contribution in [3.63, 3.8) is 0 Å². The van der Waals surface area contributed by atoms with Crippen molar-refractivity contribution in [2.24, 2.45) is 5.10 Å². The Morgan fingerprint density at radius 1 is 1.03 bits per heavy atom. The summed E-state index contributed by atoms with van der Waals surface area (Å²) in [5.74, 6) is 1.48. The Balaban J connectivity index is 1.62. The fourth-order valence-electron chi connectivity index (χ4n) is 3.98. The second-order valence-electron chi connectivity index (χ2n) is 8.20. The van der Waals surface area contributed by atoms with Gasteiger partial charge in [0, 0.05) is 0 Å². The van der Waals surface area contributed by atoms with E-state index in [2.05, 4.69) is 32.4 Å². The van der Waals surface area contributed by atoms with Crippen LogP contribution in [0.1, 0.15) is 5.56 Å². The summed E-state index contributed by atoms with van der Waals surface area (Å²) in [7, 11) is 4.35. The maximum Gasteiger partial charge on any atom is 0.343 e. The molecule has 2 aromatic heterocycles. The predicted octanol–water partition coefficient (Wildman–Crippen LogP) is 4.87. The standard InChI is InChI=1S/C28H22IN3O7/c1-35-21-9-6-10-22-18(21)13-24(39-22)27-31-20-8-5-4-7-17(20)28(34)32(27)30-14-16-11-19(29)26(23(12-16)36-2)38-15-25(33)37-3/h4-14H,15H2,1-3H3. The van der Waals surface area contributed by atoms with Crippen molar-refractivity contribution in [1.82, 2.24) is 9.66 Å². The van der Waals surface area contributed by atoms with E-state index in [-0.39, 0.29) is 18.0 Å². The smallest absolute Gasteiger partial charge is 0.343 e. The lowest BCUT2D eigenvalue weighted by molar-refractivity contribution is -0.142. The van der Waals surface area contributed by atoms with Crippen LogP contribution in [0.25, 0.3) is 33.5 Å². The van der Waals surface area contributed by atoms with E-state index in [1.54, 1.807) is 43.5 Å². The number of hydrogen-bond acceptors (Lipinski definition) is 9. The van der Waals surface area contributed by atoms with Crippen LogP contribution < -0.4 is 19.8 Å². The molecule has 198 valence electrons. The zero-order valence-corrected chi connectivity index (χ0v) is 23.3. The van der Waals surface area contributed by atoms with Crippen molar-refractivity contribution >= 4 is 56.6 Å². The number of furan rings is 1. The Hall–Kier alpha value is -4.39. The van der Waals surface area contributed by atoms with Gasteiger partial charge in [0.05, 0.1) is 47.4 Å². The maximum absolute atomic E-state index is 13.6. The number of para-hydroxylation sites is 1. The number of halogens is 1. The van der Waals surface area contributed by atoms with Gasteiger partial charge in [0.1, 0.15) is 11.3 Å². The fourth-order valence-corrected chi connectivity index (χ4v) is 4.76. The van der Waals surface area contributed by atoms with E-state index in [9.17, 15) is 9.59 Å². The highest BCUT2D eigenvalue weighted by Crippen LogP contribution is 2.34. The summed E-state index contributed by atoms with van der Waals surface area (Å²) < 4.78 is 29.1. The third-order valence-electron chi connectivity index (χ3n) is 5.85. The van der Waals surface area contributed by atoms with Gasteiger partial charge in [-0.15, -0.1) is 0 Å². The molecule has 3 aromatic carbocycles. The van der Waals surface area contributed by atoms with Crippen LogP contribution in [0.15, 0.2) is 75.0 Å². The Bertz CT molecular complexity index is 1790. The molecule has 0 amide bonds. The largest absolute Gasteiger partial charge is 0.496 e. The van der Waals surface area contributed by atoms with E-state index in [0.29, 0.717) is 48.6 Å². The minimum atomic E-state index is -0.516. The van der Waals surface area contributed by atoms with Gasteiger partial charge in [-0.2, -0.15) is 9.78 Å². The van der Waals surface area contributed by atoms with Crippen molar-refractivity contribution in [3.8, 4) is 28.8 Å². The number of aromatic nitrogens is 2. The summed E-state index contributed by atoms with van der Waals surface area (Å²) >= 11 is 2.07. The second-order valence-corrected chi connectivity index (χ2v) is 9.36. The van der Waals surface area contributed by atoms with Crippen molar-refractivity contribution in [3.05, 3.63) is 80.2 Å². The lowest BCUT2D eigenvalue weighted by atomic mass is 10.2. The fraction of sp³-hybridized carbons (Fsp3) is 0.143. The number of esters is 1. The van der Waals surface area contributed by atoms with Gasteiger partial charge in [0.25, 0.3) is 5.56 Å². The zero-order chi connectivity index (χ0) is 27.5. The third kappa shape index (κ3) is 5.17. The molecule has 5 aromatic rings.